The lowest BCUT2D eigenvalue weighted by Gasteiger charge is -2.15. The smallest absolute Gasteiger partial charge is 0.0958 e. The van der Waals surface area contributed by atoms with Crippen LogP contribution >= 0.6 is 11.3 Å². The maximum atomic E-state index is 5.70. The number of hydrogen-bond donors (Lipinski definition) is 2. The Bertz CT molecular complexity index is 689. The van der Waals surface area contributed by atoms with Gasteiger partial charge >= 0.3 is 0 Å². The molecule has 1 aromatic carbocycles. The molecule has 0 saturated heterocycles. The van der Waals surface area contributed by atoms with E-state index in [9.17, 15) is 0 Å². The molecule has 0 bridgehead atoms. The van der Waals surface area contributed by atoms with Crippen molar-refractivity contribution in [2.75, 3.05) is 0 Å². The first-order chi connectivity index (χ1) is 9.76. The van der Waals surface area contributed by atoms with Crippen molar-refractivity contribution in [2.45, 2.75) is 19.4 Å². The number of para-hydroxylation sites is 1. The zero-order valence-corrected chi connectivity index (χ0v) is 12.0. The van der Waals surface area contributed by atoms with Crippen molar-refractivity contribution in [3.05, 3.63) is 58.9 Å². The summed E-state index contributed by atoms with van der Waals surface area (Å²) in [7, 11) is 0. The Labute approximate surface area is 121 Å². The average Bonchev–Trinajstić information content (AvgIpc) is 2.87. The normalized spacial score (nSPS) is 12.7. The van der Waals surface area contributed by atoms with Gasteiger partial charge in [0.2, 0.25) is 0 Å². The fourth-order valence-corrected chi connectivity index (χ4v) is 3.25. The summed E-state index contributed by atoms with van der Waals surface area (Å²) in [4.78, 5) is 8.87. The number of hydrazine groups is 1. The highest BCUT2D eigenvalue weighted by atomic mass is 32.1. The standard InChI is InChI=1S/C15H16N4S/c1-10-8-11(6-7-17-10)13(19-16)9-15-18-12-4-2-3-5-14(12)20-15/h2-8,13,19H,9,16H2,1H3. The Morgan fingerprint density at radius 1 is 1.30 bits per heavy atom. The largest absolute Gasteiger partial charge is 0.271 e. The second-order valence-corrected chi connectivity index (χ2v) is 5.84. The van der Waals surface area contributed by atoms with Gasteiger partial charge in [0, 0.05) is 18.3 Å². The summed E-state index contributed by atoms with van der Waals surface area (Å²) in [5.41, 5.74) is 6.06. The summed E-state index contributed by atoms with van der Waals surface area (Å²) in [5.74, 6) is 5.70. The second kappa shape index (κ2) is 5.66. The number of pyridine rings is 1. The van der Waals surface area contributed by atoms with Gasteiger partial charge in [-0.3, -0.25) is 16.3 Å². The van der Waals surface area contributed by atoms with Crippen LogP contribution in [0, 0.1) is 6.92 Å². The minimum atomic E-state index is 0.0530. The monoisotopic (exact) mass is 284 g/mol. The van der Waals surface area contributed by atoms with Gasteiger partial charge in [-0.15, -0.1) is 11.3 Å². The first kappa shape index (κ1) is 13.2. The SMILES string of the molecule is Cc1cc(C(Cc2nc3ccccc3s2)NN)ccn1. The van der Waals surface area contributed by atoms with Gasteiger partial charge in [0.25, 0.3) is 0 Å². The summed E-state index contributed by atoms with van der Waals surface area (Å²) in [5, 5.41) is 1.09. The van der Waals surface area contributed by atoms with Crippen molar-refractivity contribution in [1.82, 2.24) is 15.4 Å². The Morgan fingerprint density at radius 2 is 2.15 bits per heavy atom. The van der Waals surface area contributed by atoms with Gasteiger partial charge in [0.05, 0.1) is 21.3 Å². The van der Waals surface area contributed by atoms with E-state index in [4.69, 9.17) is 5.84 Å². The molecule has 0 amide bonds. The maximum Gasteiger partial charge on any atom is 0.0958 e. The third-order valence-corrected chi connectivity index (χ3v) is 4.30. The van der Waals surface area contributed by atoms with Crippen LogP contribution in [0.5, 0.6) is 0 Å². The lowest BCUT2D eigenvalue weighted by molar-refractivity contribution is 0.550. The molecule has 2 aromatic heterocycles. The Morgan fingerprint density at radius 3 is 2.90 bits per heavy atom. The molecule has 3 rings (SSSR count). The molecule has 0 saturated carbocycles. The van der Waals surface area contributed by atoms with Crippen LogP contribution in [0.2, 0.25) is 0 Å². The highest BCUT2D eigenvalue weighted by Crippen LogP contribution is 2.25. The topological polar surface area (TPSA) is 63.8 Å². The lowest BCUT2D eigenvalue weighted by Crippen LogP contribution is -2.29. The predicted molar refractivity (Wildman–Crippen MR) is 82.4 cm³/mol. The fraction of sp³-hybridized carbons (Fsp3) is 0.200. The molecular formula is C15H16N4S. The molecular weight excluding hydrogens is 268 g/mol. The number of fused-ring (bicyclic) bond motifs is 1. The number of thiazole rings is 1. The van der Waals surface area contributed by atoms with Gasteiger partial charge < -0.3 is 0 Å². The van der Waals surface area contributed by atoms with Crippen molar-refractivity contribution >= 4 is 21.6 Å². The first-order valence-electron chi connectivity index (χ1n) is 6.49. The molecule has 4 nitrogen and oxygen atoms in total. The number of rotatable bonds is 4. The van der Waals surface area contributed by atoms with Crippen molar-refractivity contribution in [2.24, 2.45) is 5.84 Å². The van der Waals surface area contributed by atoms with Crippen LogP contribution in [-0.2, 0) is 6.42 Å². The summed E-state index contributed by atoms with van der Waals surface area (Å²) in [6.45, 7) is 1.98. The number of aryl methyl sites for hydroxylation is 1. The van der Waals surface area contributed by atoms with Crippen LogP contribution in [0.25, 0.3) is 10.2 Å². The van der Waals surface area contributed by atoms with Crippen LogP contribution in [0.15, 0.2) is 42.6 Å². The molecule has 0 spiro atoms. The van der Waals surface area contributed by atoms with Crippen molar-refractivity contribution in [1.29, 1.82) is 0 Å². The zero-order valence-electron chi connectivity index (χ0n) is 11.2. The van der Waals surface area contributed by atoms with E-state index in [1.165, 1.54) is 4.70 Å². The molecule has 20 heavy (non-hydrogen) atoms. The van der Waals surface area contributed by atoms with Gasteiger partial charge in [0.15, 0.2) is 0 Å². The zero-order chi connectivity index (χ0) is 13.9. The van der Waals surface area contributed by atoms with Crippen molar-refractivity contribution < 1.29 is 0 Å². The Hall–Kier alpha value is -1.82. The molecule has 102 valence electrons. The van der Waals surface area contributed by atoms with E-state index in [0.29, 0.717) is 0 Å². The molecule has 0 radical (unpaired) electrons. The van der Waals surface area contributed by atoms with E-state index in [-0.39, 0.29) is 6.04 Å². The van der Waals surface area contributed by atoms with Crippen LogP contribution in [0.4, 0.5) is 0 Å². The highest BCUT2D eigenvalue weighted by molar-refractivity contribution is 7.18. The summed E-state index contributed by atoms with van der Waals surface area (Å²) >= 11 is 1.72. The summed E-state index contributed by atoms with van der Waals surface area (Å²) in [6, 6.07) is 12.3. The van der Waals surface area contributed by atoms with E-state index in [1.807, 2.05) is 37.4 Å². The maximum absolute atomic E-state index is 5.70. The van der Waals surface area contributed by atoms with Crippen LogP contribution < -0.4 is 11.3 Å². The minimum Gasteiger partial charge on any atom is -0.271 e. The number of nitrogens with one attached hydrogen (secondary N) is 1. The molecule has 2 heterocycles. The number of nitrogens with two attached hydrogens (primary N) is 1. The molecule has 1 unspecified atom stereocenters. The Kier molecular flexibility index (Phi) is 3.73. The van der Waals surface area contributed by atoms with Crippen molar-refractivity contribution in [3.63, 3.8) is 0 Å². The van der Waals surface area contributed by atoms with Gasteiger partial charge in [-0.05, 0) is 36.8 Å². The molecule has 0 aliphatic carbocycles. The quantitative estimate of drug-likeness (QED) is 0.571. The molecule has 3 aromatic rings. The van der Waals surface area contributed by atoms with E-state index in [0.717, 1.165) is 28.2 Å². The van der Waals surface area contributed by atoms with E-state index in [1.54, 1.807) is 11.3 Å². The summed E-state index contributed by atoms with van der Waals surface area (Å²) in [6.07, 6.45) is 2.59. The first-order valence-corrected chi connectivity index (χ1v) is 7.31. The van der Waals surface area contributed by atoms with Crippen molar-refractivity contribution in [3.8, 4) is 0 Å². The van der Waals surface area contributed by atoms with Gasteiger partial charge in [-0.2, -0.15) is 0 Å². The van der Waals surface area contributed by atoms with E-state index < -0.39 is 0 Å². The average molecular weight is 284 g/mol. The fourth-order valence-electron chi connectivity index (χ4n) is 2.24. The predicted octanol–water partition coefficient (Wildman–Crippen LogP) is 2.75. The molecule has 3 N–H and O–H groups in total. The number of hydrogen-bond acceptors (Lipinski definition) is 5. The number of aromatic nitrogens is 2. The van der Waals surface area contributed by atoms with Gasteiger partial charge in [-0.1, -0.05) is 12.1 Å². The molecule has 1 atom stereocenters. The van der Waals surface area contributed by atoms with Gasteiger partial charge in [0.1, 0.15) is 0 Å². The lowest BCUT2D eigenvalue weighted by atomic mass is 10.1. The minimum absolute atomic E-state index is 0.0530. The van der Waals surface area contributed by atoms with Crippen LogP contribution in [-0.4, -0.2) is 9.97 Å². The number of nitrogens with zero attached hydrogens (tertiary/aromatic N) is 2. The Balaban J connectivity index is 1.87. The molecule has 0 aliphatic heterocycles. The molecule has 5 heteroatoms. The van der Waals surface area contributed by atoms with Crippen LogP contribution in [0.1, 0.15) is 22.3 Å². The highest BCUT2D eigenvalue weighted by Gasteiger charge is 2.14. The van der Waals surface area contributed by atoms with Crippen LogP contribution in [0.3, 0.4) is 0 Å². The molecule has 0 aliphatic rings. The van der Waals surface area contributed by atoms with Gasteiger partial charge in [-0.25, -0.2) is 4.98 Å². The third-order valence-electron chi connectivity index (χ3n) is 3.24. The van der Waals surface area contributed by atoms with E-state index >= 15 is 0 Å². The van der Waals surface area contributed by atoms with E-state index in [2.05, 4.69) is 27.5 Å². The molecule has 0 fully saturated rings. The summed E-state index contributed by atoms with van der Waals surface area (Å²) < 4.78 is 1.21. The third kappa shape index (κ3) is 2.70. The second-order valence-electron chi connectivity index (χ2n) is 4.73. The number of benzene rings is 1.